The Bertz CT molecular complexity index is 182. The van der Waals surface area contributed by atoms with Crippen molar-refractivity contribution in [1.29, 1.82) is 4.78 Å². The molecule has 0 amide bonds. The van der Waals surface area contributed by atoms with Gasteiger partial charge in [-0.2, -0.15) is 0 Å². The molecule has 1 N–H and O–H groups in total. The van der Waals surface area contributed by atoms with E-state index in [1.165, 1.54) is 0 Å². The van der Waals surface area contributed by atoms with Crippen molar-refractivity contribution in [3.8, 4) is 0 Å². The summed E-state index contributed by atoms with van der Waals surface area (Å²) in [5.41, 5.74) is 0. The average Bonchev–Trinajstić information content (AvgIpc) is 1.84. The normalized spacial score (nSPS) is 16.7. The van der Waals surface area contributed by atoms with Crippen LogP contribution in [0.2, 0.25) is 0 Å². The van der Waals surface area contributed by atoms with Gasteiger partial charge in [0.15, 0.2) is 0 Å². The molecule has 0 saturated carbocycles. The summed E-state index contributed by atoms with van der Waals surface area (Å²) in [5, 5.41) is 0. The average molecular weight is 177 g/mol. The van der Waals surface area contributed by atoms with Gasteiger partial charge in [0.1, 0.15) is 0 Å². The lowest BCUT2D eigenvalue weighted by Gasteiger charge is -2.07. The molecule has 0 aromatic heterocycles. The quantitative estimate of drug-likeness (QED) is 0.688. The monoisotopic (exact) mass is 177 g/mol. The van der Waals surface area contributed by atoms with Crippen LogP contribution in [0, 0.1) is 10.7 Å². The van der Waals surface area contributed by atoms with Crippen molar-refractivity contribution in [3.63, 3.8) is 0 Å². The van der Waals surface area contributed by atoms with Gasteiger partial charge in [0.05, 0.1) is 0 Å². The summed E-state index contributed by atoms with van der Waals surface area (Å²) in [7, 11) is -2.23. The van der Waals surface area contributed by atoms with Crippen molar-refractivity contribution >= 4 is 9.73 Å². The maximum absolute atomic E-state index is 11.4. The Hall–Kier alpha value is -0.0500. The molecule has 2 nitrogen and oxygen atoms in total. The molecule has 1 unspecified atom stereocenters. The van der Waals surface area contributed by atoms with E-state index in [1.54, 1.807) is 0 Å². The van der Waals surface area contributed by atoms with Gasteiger partial charge in [-0.25, -0.2) is 4.21 Å². The van der Waals surface area contributed by atoms with Gasteiger partial charge in [0.25, 0.3) is 0 Å². The second-order valence-electron chi connectivity index (χ2n) is 3.40. The molecule has 3 heteroatoms. The van der Waals surface area contributed by atoms with Crippen LogP contribution in [0.15, 0.2) is 0 Å². The molecule has 0 aromatic carbocycles. The smallest absolute Gasteiger partial charge is 0.0441 e. The molecule has 0 rings (SSSR count). The van der Waals surface area contributed by atoms with Crippen LogP contribution in [-0.2, 0) is 9.73 Å². The molecule has 0 heterocycles. The van der Waals surface area contributed by atoms with E-state index < -0.39 is 9.73 Å². The molecule has 0 aliphatic heterocycles. The second kappa shape index (κ2) is 4.75. The Labute approximate surface area is 70.4 Å². The topological polar surface area (TPSA) is 40.9 Å². The highest BCUT2D eigenvalue weighted by molar-refractivity contribution is 7.92. The second-order valence-corrected chi connectivity index (χ2v) is 5.84. The molecule has 0 saturated heterocycles. The van der Waals surface area contributed by atoms with E-state index in [0.29, 0.717) is 17.4 Å². The van der Waals surface area contributed by atoms with Crippen LogP contribution in [0.3, 0.4) is 0 Å². The highest BCUT2D eigenvalue weighted by atomic mass is 32.2. The third-order valence-electron chi connectivity index (χ3n) is 1.56. The minimum atomic E-state index is -2.23. The van der Waals surface area contributed by atoms with Crippen LogP contribution < -0.4 is 0 Å². The van der Waals surface area contributed by atoms with Gasteiger partial charge in [-0.3, -0.25) is 4.78 Å². The summed E-state index contributed by atoms with van der Waals surface area (Å²) < 4.78 is 18.8. The predicted molar refractivity (Wildman–Crippen MR) is 50.3 cm³/mol. The van der Waals surface area contributed by atoms with Crippen molar-refractivity contribution in [3.05, 3.63) is 0 Å². The van der Waals surface area contributed by atoms with Gasteiger partial charge >= 0.3 is 0 Å². The van der Waals surface area contributed by atoms with Crippen LogP contribution >= 0.6 is 0 Å². The van der Waals surface area contributed by atoms with Crippen molar-refractivity contribution in [2.24, 2.45) is 5.92 Å². The molecule has 68 valence electrons. The van der Waals surface area contributed by atoms with E-state index in [0.717, 1.165) is 12.8 Å². The number of rotatable bonds is 5. The van der Waals surface area contributed by atoms with Crippen LogP contribution in [0.4, 0.5) is 0 Å². The van der Waals surface area contributed by atoms with Gasteiger partial charge in [0, 0.05) is 21.2 Å². The van der Waals surface area contributed by atoms with Gasteiger partial charge in [-0.15, -0.1) is 0 Å². The Morgan fingerprint density at radius 2 is 1.91 bits per heavy atom. The highest BCUT2D eigenvalue weighted by Crippen LogP contribution is 2.04. The minimum absolute atomic E-state index is 0.568. The van der Waals surface area contributed by atoms with Crippen molar-refractivity contribution in [1.82, 2.24) is 0 Å². The summed E-state index contributed by atoms with van der Waals surface area (Å²) in [5.74, 6) is 1.72. The summed E-state index contributed by atoms with van der Waals surface area (Å²) in [6.45, 7) is 6.17. The van der Waals surface area contributed by atoms with Crippen LogP contribution in [0.1, 0.15) is 33.6 Å². The molecule has 0 aliphatic carbocycles. The molecular weight excluding hydrogens is 158 g/mol. The van der Waals surface area contributed by atoms with Gasteiger partial charge < -0.3 is 0 Å². The zero-order chi connectivity index (χ0) is 8.91. The van der Waals surface area contributed by atoms with E-state index in [4.69, 9.17) is 4.78 Å². The van der Waals surface area contributed by atoms with Crippen molar-refractivity contribution < 1.29 is 4.21 Å². The fraction of sp³-hybridized carbons (Fsp3) is 1.00. The molecule has 0 spiro atoms. The minimum Gasteiger partial charge on any atom is -0.253 e. The van der Waals surface area contributed by atoms with Crippen LogP contribution in [0.5, 0.6) is 0 Å². The Kier molecular flexibility index (Phi) is 4.73. The number of hydrogen-bond acceptors (Lipinski definition) is 2. The van der Waals surface area contributed by atoms with Crippen LogP contribution in [-0.4, -0.2) is 15.7 Å². The molecule has 11 heavy (non-hydrogen) atoms. The lowest BCUT2D eigenvalue weighted by atomic mass is 10.2. The number of hydrogen-bond donors (Lipinski definition) is 1. The molecule has 0 fully saturated rings. The zero-order valence-electron chi connectivity index (χ0n) is 7.72. The first-order valence-electron chi connectivity index (χ1n) is 4.22. The van der Waals surface area contributed by atoms with E-state index in [1.807, 2.05) is 6.92 Å². The van der Waals surface area contributed by atoms with Gasteiger partial charge in [0.2, 0.25) is 0 Å². The Balaban J connectivity index is 3.74. The van der Waals surface area contributed by atoms with E-state index in [9.17, 15) is 4.21 Å². The fourth-order valence-electron chi connectivity index (χ4n) is 0.858. The van der Waals surface area contributed by atoms with Crippen molar-refractivity contribution in [2.45, 2.75) is 33.6 Å². The zero-order valence-corrected chi connectivity index (χ0v) is 8.54. The first kappa shape index (κ1) is 11.0. The first-order valence-corrected chi connectivity index (χ1v) is 6.11. The summed E-state index contributed by atoms with van der Waals surface area (Å²) in [6, 6.07) is 0. The molecule has 0 radical (unpaired) electrons. The summed E-state index contributed by atoms with van der Waals surface area (Å²) >= 11 is 0. The van der Waals surface area contributed by atoms with E-state index in [2.05, 4.69) is 13.8 Å². The van der Waals surface area contributed by atoms with E-state index in [-0.39, 0.29) is 0 Å². The van der Waals surface area contributed by atoms with Crippen LogP contribution in [0.25, 0.3) is 0 Å². The Morgan fingerprint density at radius 1 is 1.36 bits per heavy atom. The number of nitrogens with one attached hydrogen (secondary N) is 1. The maximum atomic E-state index is 11.4. The molecule has 0 aliphatic rings. The fourth-order valence-corrected chi connectivity index (χ4v) is 2.57. The first-order chi connectivity index (χ1) is 4.98. The van der Waals surface area contributed by atoms with E-state index >= 15 is 0 Å². The van der Waals surface area contributed by atoms with Gasteiger partial charge in [-0.1, -0.05) is 20.8 Å². The summed E-state index contributed by atoms with van der Waals surface area (Å²) in [4.78, 5) is 0. The van der Waals surface area contributed by atoms with Crippen molar-refractivity contribution in [2.75, 3.05) is 11.5 Å². The third kappa shape index (κ3) is 6.35. The lowest BCUT2D eigenvalue weighted by molar-refractivity contribution is 0.615. The molecule has 1 atom stereocenters. The van der Waals surface area contributed by atoms with Gasteiger partial charge in [-0.05, 0) is 18.8 Å². The lowest BCUT2D eigenvalue weighted by Crippen LogP contribution is -2.10. The third-order valence-corrected chi connectivity index (χ3v) is 3.52. The Morgan fingerprint density at radius 3 is 2.27 bits per heavy atom. The highest BCUT2D eigenvalue weighted by Gasteiger charge is 2.05. The molecule has 0 aromatic rings. The maximum Gasteiger partial charge on any atom is 0.0441 e. The standard InChI is InChI=1S/C8H19NOS/c1-4-6-11(9,10)7-5-8(2)3/h8-9H,4-7H2,1-3H3. The molecule has 0 bridgehead atoms. The largest absolute Gasteiger partial charge is 0.253 e. The summed E-state index contributed by atoms with van der Waals surface area (Å²) in [6.07, 6.45) is 1.78. The molecular formula is C8H19NOS. The predicted octanol–water partition coefficient (Wildman–Crippen LogP) is 2.49. The SMILES string of the molecule is CCCS(=N)(=O)CCC(C)C.